The van der Waals surface area contributed by atoms with Crippen LogP contribution in [0.1, 0.15) is 13.3 Å². The van der Waals surface area contributed by atoms with E-state index in [0.29, 0.717) is 15.5 Å². The minimum Gasteiger partial charge on any atom is -0.325 e. The molecule has 86 valence electrons. The molecule has 0 aromatic carbocycles. The van der Waals surface area contributed by atoms with Crippen LogP contribution >= 0.6 is 27.3 Å². The van der Waals surface area contributed by atoms with Crippen LogP contribution in [0.3, 0.4) is 0 Å². The Labute approximate surface area is 104 Å². The Hall–Kier alpha value is -1.02. The fourth-order valence-corrected chi connectivity index (χ4v) is 2.72. The van der Waals surface area contributed by atoms with Gasteiger partial charge in [0, 0.05) is 0 Å². The molecule has 2 amide bonds. The third-order valence-electron chi connectivity index (χ3n) is 2.28. The number of amides is 2. The summed E-state index contributed by atoms with van der Waals surface area (Å²) < 4.78 is 0.635. The van der Waals surface area contributed by atoms with Crippen LogP contribution in [0.2, 0.25) is 0 Å². The number of anilines is 1. The van der Waals surface area contributed by atoms with Gasteiger partial charge < -0.3 is 4.90 Å². The highest BCUT2D eigenvalue weighted by Crippen LogP contribution is 2.27. The normalized spacial score (nSPS) is 21.1. The average molecular weight is 305 g/mol. The Balaban J connectivity index is 2.29. The fourth-order valence-electron chi connectivity index (χ4n) is 1.59. The molecular weight excluding hydrogens is 296 g/mol. The zero-order chi connectivity index (χ0) is 11.7. The van der Waals surface area contributed by atoms with Crippen molar-refractivity contribution in [1.29, 1.82) is 0 Å². The molecule has 1 aliphatic heterocycles. The average Bonchev–Trinajstić information content (AvgIpc) is 2.63. The number of nitrogens with zero attached hydrogens (tertiary/aromatic N) is 3. The lowest BCUT2D eigenvalue weighted by Crippen LogP contribution is -2.58. The number of carbonyl (C=O) groups excluding carboxylic acids is 2. The number of rotatable bonds is 2. The first-order chi connectivity index (χ1) is 7.61. The lowest BCUT2D eigenvalue weighted by molar-refractivity contribution is -0.132. The largest absolute Gasteiger partial charge is 0.325 e. The summed E-state index contributed by atoms with van der Waals surface area (Å²) >= 11 is 4.51. The number of hydrogen-bond acceptors (Lipinski definition) is 6. The Morgan fingerprint density at radius 3 is 2.88 bits per heavy atom. The second-order valence-corrected chi connectivity index (χ2v) is 5.53. The Kier molecular flexibility index (Phi) is 3.20. The Morgan fingerprint density at radius 2 is 2.31 bits per heavy atom. The lowest BCUT2D eigenvalue weighted by Gasteiger charge is -2.32. The van der Waals surface area contributed by atoms with E-state index in [-0.39, 0.29) is 24.4 Å². The molecule has 1 atom stereocenters. The first-order valence-corrected chi connectivity index (χ1v) is 6.32. The number of nitrogens with one attached hydrogen (secondary N) is 1. The number of aromatic nitrogens is 2. The minimum atomic E-state index is -0.349. The zero-order valence-corrected chi connectivity index (χ0v) is 10.8. The van der Waals surface area contributed by atoms with Gasteiger partial charge in [0.05, 0.1) is 0 Å². The highest BCUT2D eigenvalue weighted by molar-refractivity contribution is 9.11. The predicted octanol–water partition coefficient (Wildman–Crippen LogP) is 0.542. The summed E-state index contributed by atoms with van der Waals surface area (Å²) in [6.45, 7) is 2.04. The van der Waals surface area contributed by atoms with Crippen molar-refractivity contribution in [3.63, 3.8) is 0 Å². The van der Waals surface area contributed by atoms with Gasteiger partial charge >= 0.3 is 0 Å². The van der Waals surface area contributed by atoms with E-state index in [1.54, 1.807) is 4.90 Å². The van der Waals surface area contributed by atoms with Crippen molar-refractivity contribution in [1.82, 2.24) is 15.5 Å². The van der Waals surface area contributed by atoms with Crippen LogP contribution in [-0.4, -0.2) is 34.6 Å². The lowest BCUT2D eigenvalue weighted by atomic mass is 10.1. The standard InChI is InChI=1S/C8H9BrN4O2S/c1-2-4-6(15)10-5(14)3-13(4)8-12-11-7(9)16-8/h4H,2-3H2,1H3,(H,10,14,15). The SMILES string of the molecule is CCC1C(=O)NC(=O)CN1c1nnc(Br)s1. The molecule has 1 N–H and O–H groups in total. The Bertz CT molecular complexity index is 435. The molecule has 6 nitrogen and oxygen atoms in total. The van der Waals surface area contributed by atoms with E-state index in [1.165, 1.54) is 11.3 Å². The summed E-state index contributed by atoms with van der Waals surface area (Å²) in [5.41, 5.74) is 0. The summed E-state index contributed by atoms with van der Waals surface area (Å²) in [5.74, 6) is -0.578. The second kappa shape index (κ2) is 4.46. The highest BCUT2D eigenvalue weighted by atomic mass is 79.9. The third kappa shape index (κ3) is 2.07. The minimum absolute atomic E-state index is 0.145. The van der Waals surface area contributed by atoms with Gasteiger partial charge in [0.25, 0.3) is 0 Å². The van der Waals surface area contributed by atoms with Crippen molar-refractivity contribution < 1.29 is 9.59 Å². The third-order valence-corrected chi connectivity index (χ3v) is 3.67. The molecule has 1 aliphatic rings. The summed E-state index contributed by atoms with van der Waals surface area (Å²) in [5, 5.41) is 10.6. The predicted molar refractivity (Wildman–Crippen MR) is 62.2 cm³/mol. The number of hydrogen-bond donors (Lipinski definition) is 1. The van der Waals surface area contributed by atoms with Crippen LogP contribution in [0.4, 0.5) is 5.13 Å². The van der Waals surface area contributed by atoms with E-state index < -0.39 is 0 Å². The monoisotopic (exact) mass is 304 g/mol. The number of carbonyl (C=O) groups is 2. The van der Waals surface area contributed by atoms with Gasteiger partial charge in [0.15, 0.2) is 3.92 Å². The van der Waals surface area contributed by atoms with Crippen molar-refractivity contribution in [2.75, 3.05) is 11.4 Å². The maximum absolute atomic E-state index is 11.6. The smallest absolute Gasteiger partial charge is 0.249 e. The molecule has 2 heterocycles. The molecule has 0 saturated carbocycles. The molecule has 1 aromatic heterocycles. The van der Waals surface area contributed by atoms with E-state index in [9.17, 15) is 9.59 Å². The summed E-state index contributed by atoms with van der Waals surface area (Å²) in [4.78, 5) is 24.6. The van der Waals surface area contributed by atoms with Crippen molar-refractivity contribution in [3.05, 3.63) is 3.92 Å². The molecule has 16 heavy (non-hydrogen) atoms. The number of halogens is 1. The van der Waals surface area contributed by atoms with Gasteiger partial charge in [-0.25, -0.2) is 0 Å². The van der Waals surface area contributed by atoms with Gasteiger partial charge in [-0.15, -0.1) is 10.2 Å². The molecule has 1 saturated heterocycles. The maximum atomic E-state index is 11.6. The van der Waals surface area contributed by atoms with E-state index in [1.807, 2.05) is 6.92 Å². The first kappa shape index (κ1) is 11.5. The first-order valence-electron chi connectivity index (χ1n) is 4.71. The van der Waals surface area contributed by atoms with E-state index in [0.717, 1.165) is 0 Å². The quantitative estimate of drug-likeness (QED) is 0.807. The zero-order valence-electron chi connectivity index (χ0n) is 8.44. The highest BCUT2D eigenvalue weighted by Gasteiger charge is 2.34. The van der Waals surface area contributed by atoms with Gasteiger partial charge in [-0.05, 0) is 22.4 Å². The summed E-state index contributed by atoms with van der Waals surface area (Å²) in [6, 6.07) is -0.349. The van der Waals surface area contributed by atoms with Crippen molar-refractivity contribution >= 4 is 44.2 Å². The van der Waals surface area contributed by atoms with Crippen molar-refractivity contribution in [2.45, 2.75) is 19.4 Å². The van der Waals surface area contributed by atoms with Gasteiger partial charge in [-0.1, -0.05) is 18.3 Å². The van der Waals surface area contributed by atoms with Crippen LogP contribution < -0.4 is 10.2 Å². The van der Waals surface area contributed by atoms with Gasteiger partial charge in [0.1, 0.15) is 12.6 Å². The molecule has 1 fully saturated rings. The van der Waals surface area contributed by atoms with Crippen LogP contribution in [0.15, 0.2) is 3.92 Å². The summed E-state index contributed by atoms with van der Waals surface area (Å²) in [7, 11) is 0. The molecule has 0 aliphatic carbocycles. The van der Waals surface area contributed by atoms with E-state index >= 15 is 0 Å². The van der Waals surface area contributed by atoms with E-state index in [2.05, 4.69) is 31.4 Å². The molecule has 0 radical (unpaired) electrons. The Morgan fingerprint density at radius 1 is 1.56 bits per heavy atom. The molecule has 0 spiro atoms. The van der Waals surface area contributed by atoms with Gasteiger partial charge in [0.2, 0.25) is 16.9 Å². The summed E-state index contributed by atoms with van der Waals surface area (Å²) in [6.07, 6.45) is 0.621. The van der Waals surface area contributed by atoms with Crippen LogP contribution in [-0.2, 0) is 9.59 Å². The van der Waals surface area contributed by atoms with Crippen LogP contribution in [0.5, 0.6) is 0 Å². The van der Waals surface area contributed by atoms with Crippen LogP contribution in [0.25, 0.3) is 0 Å². The van der Waals surface area contributed by atoms with Crippen molar-refractivity contribution in [2.24, 2.45) is 0 Å². The molecule has 1 unspecified atom stereocenters. The molecule has 2 rings (SSSR count). The van der Waals surface area contributed by atoms with Gasteiger partial charge in [-0.3, -0.25) is 14.9 Å². The number of piperazine rings is 1. The maximum Gasteiger partial charge on any atom is 0.249 e. The molecule has 0 bridgehead atoms. The van der Waals surface area contributed by atoms with Crippen LogP contribution in [0, 0.1) is 0 Å². The molecular formula is C8H9BrN4O2S. The topological polar surface area (TPSA) is 75.2 Å². The van der Waals surface area contributed by atoms with Crippen molar-refractivity contribution in [3.8, 4) is 0 Å². The molecule has 8 heteroatoms. The van der Waals surface area contributed by atoms with Gasteiger partial charge in [-0.2, -0.15) is 0 Å². The molecule has 1 aromatic rings. The number of imide groups is 1. The van der Waals surface area contributed by atoms with E-state index in [4.69, 9.17) is 0 Å². The second-order valence-electron chi connectivity index (χ2n) is 3.30. The fraction of sp³-hybridized carbons (Fsp3) is 0.500.